The predicted octanol–water partition coefficient (Wildman–Crippen LogP) is 3.87. The Bertz CT molecular complexity index is 1580. The van der Waals surface area contributed by atoms with Crippen LogP contribution in [0.25, 0.3) is 10.9 Å². The van der Waals surface area contributed by atoms with Gasteiger partial charge in [-0.1, -0.05) is 61.4 Å². The number of amides is 1. The van der Waals surface area contributed by atoms with Crippen LogP contribution in [-0.4, -0.2) is 71.2 Å². The molecule has 1 unspecified atom stereocenters. The summed E-state index contributed by atoms with van der Waals surface area (Å²) in [5, 5.41) is 0.762. The Morgan fingerprint density at radius 3 is 2.49 bits per heavy atom. The van der Waals surface area contributed by atoms with Crippen molar-refractivity contribution in [3.63, 3.8) is 0 Å². The molecule has 1 saturated carbocycles. The van der Waals surface area contributed by atoms with Crippen molar-refractivity contribution < 1.29 is 22.7 Å². The van der Waals surface area contributed by atoms with Crippen molar-refractivity contribution in [3.8, 4) is 0 Å². The van der Waals surface area contributed by atoms with E-state index in [2.05, 4.69) is 0 Å². The van der Waals surface area contributed by atoms with Gasteiger partial charge in [0.2, 0.25) is 5.91 Å². The number of hydrogen-bond donors (Lipinski definition) is 0. The maximum absolute atomic E-state index is 13.8. The number of carbonyl (C=O) groups is 2. The zero-order valence-electron chi connectivity index (χ0n) is 23.2. The lowest BCUT2D eigenvalue weighted by Crippen LogP contribution is -2.49. The number of carbonyl (C=O) groups excluding carboxylic acids is 2. The van der Waals surface area contributed by atoms with Crippen molar-refractivity contribution in [2.24, 2.45) is 0 Å². The van der Waals surface area contributed by atoms with Crippen LogP contribution in [-0.2, 0) is 32.3 Å². The standard InChI is InChI=1S/C30H35N3O6S2/c1-39-29(36)22-12-13-25-26(18-22)31-30(32(28(25)35)16-14-21-8-4-2-5-9-21)40-19-27(34)33(23-10-6-3-7-11-23)24-15-17-41(37,38)20-24/h2,4-5,8-9,12-13,18,23-24H,3,6-7,10-11,14-17,19-20H2,1H3. The van der Waals surface area contributed by atoms with Crippen LogP contribution in [0.1, 0.15) is 54.4 Å². The molecule has 1 aliphatic carbocycles. The zero-order chi connectivity index (χ0) is 29.0. The Balaban J connectivity index is 1.45. The molecular weight excluding hydrogens is 562 g/mol. The quantitative estimate of drug-likeness (QED) is 0.207. The van der Waals surface area contributed by atoms with E-state index in [1.807, 2.05) is 35.2 Å². The van der Waals surface area contributed by atoms with Gasteiger partial charge in [-0.15, -0.1) is 0 Å². The summed E-state index contributed by atoms with van der Waals surface area (Å²) in [7, 11) is -1.87. The molecule has 2 aromatic carbocycles. The lowest BCUT2D eigenvalue weighted by Gasteiger charge is -2.38. The first-order valence-corrected chi connectivity index (χ1v) is 16.9. The Hall–Kier alpha value is -3.18. The van der Waals surface area contributed by atoms with Gasteiger partial charge in [0.15, 0.2) is 15.0 Å². The smallest absolute Gasteiger partial charge is 0.337 e. The van der Waals surface area contributed by atoms with Gasteiger partial charge in [-0.3, -0.25) is 14.2 Å². The number of aromatic nitrogens is 2. The normalized spacial score (nSPS) is 18.8. The van der Waals surface area contributed by atoms with E-state index in [1.165, 1.54) is 24.9 Å². The molecule has 1 amide bonds. The van der Waals surface area contributed by atoms with Crippen LogP contribution in [0.4, 0.5) is 0 Å². The molecule has 2 aliphatic rings. The van der Waals surface area contributed by atoms with Crippen molar-refractivity contribution in [2.75, 3.05) is 24.4 Å². The van der Waals surface area contributed by atoms with Crippen molar-refractivity contribution >= 4 is 44.4 Å². The van der Waals surface area contributed by atoms with Gasteiger partial charge < -0.3 is 9.64 Å². The highest BCUT2D eigenvalue weighted by Crippen LogP contribution is 2.30. The molecule has 41 heavy (non-hydrogen) atoms. The first-order valence-electron chi connectivity index (χ1n) is 14.1. The summed E-state index contributed by atoms with van der Waals surface area (Å²) in [6, 6.07) is 14.2. The number of aryl methyl sites for hydroxylation is 1. The predicted molar refractivity (Wildman–Crippen MR) is 159 cm³/mol. The topological polar surface area (TPSA) is 116 Å². The molecule has 0 radical (unpaired) electrons. The molecule has 9 nitrogen and oxygen atoms in total. The number of sulfone groups is 1. The van der Waals surface area contributed by atoms with Crippen LogP contribution in [0.2, 0.25) is 0 Å². The van der Waals surface area contributed by atoms with Gasteiger partial charge in [0, 0.05) is 18.6 Å². The van der Waals surface area contributed by atoms with E-state index in [0.29, 0.717) is 35.4 Å². The summed E-state index contributed by atoms with van der Waals surface area (Å²) in [5.74, 6) is -0.508. The molecule has 3 aromatic rings. The molecule has 11 heteroatoms. The fourth-order valence-electron chi connectivity index (χ4n) is 5.90. The second kappa shape index (κ2) is 12.8. The first kappa shape index (κ1) is 29.3. The van der Waals surface area contributed by atoms with Gasteiger partial charge in [0.1, 0.15) is 0 Å². The lowest BCUT2D eigenvalue weighted by atomic mass is 9.93. The molecule has 2 fully saturated rings. The maximum Gasteiger partial charge on any atom is 0.337 e. The van der Waals surface area contributed by atoms with Gasteiger partial charge in [-0.2, -0.15) is 0 Å². The highest BCUT2D eigenvalue weighted by Gasteiger charge is 2.38. The second-order valence-electron chi connectivity index (χ2n) is 10.7. The molecule has 5 rings (SSSR count). The maximum atomic E-state index is 13.8. The third kappa shape index (κ3) is 6.83. The van der Waals surface area contributed by atoms with Gasteiger partial charge in [-0.25, -0.2) is 18.2 Å². The van der Waals surface area contributed by atoms with E-state index in [4.69, 9.17) is 9.72 Å². The molecule has 0 spiro atoms. The first-order chi connectivity index (χ1) is 19.8. The van der Waals surface area contributed by atoms with Gasteiger partial charge in [0.25, 0.3) is 5.56 Å². The third-order valence-corrected chi connectivity index (χ3v) is 10.7. The van der Waals surface area contributed by atoms with Crippen LogP contribution in [0.3, 0.4) is 0 Å². The number of thioether (sulfide) groups is 1. The number of methoxy groups -OCH3 is 1. The van der Waals surface area contributed by atoms with E-state index in [-0.39, 0.29) is 46.4 Å². The molecule has 0 N–H and O–H groups in total. The van der Waals surface area contributed by atoms with Crippen molar-refractivity contribution in [1.29, 1.82) is 0 Å². The Morgan fingerprint density at radius 2 is 1.80 bits per heavy atom. The Labute approximate surface area is 244 Å². The van der Waals surface area contributed by atoms with Crippen LogP contribution in [0.5, 0.6) is 0 Å². The summed E-state index contributed by atoms with van der Waals surface area (Å²) in [6.45, 7) is 0.369. The summed E-state index contributed by atoms with van der Waals surface area (Å²) in [6.07, 6.45) is 5.98. The van der Waals surface area contributed by atoms with Gasteiger partial charge in [0.05, 0.1) is 40.8 Å². The molecule has 1 aliphatic heterocycles. The monoisotopic (exact) mass is 597 g/mol. The van der Waals surface area contributed by atoms with E-state index in [0.717, 1.165) is 37.7 Å². The Morgan fingerprint density at radius 1 is 1.05 bits per heavy atom. The molecule has 2 heterocycles. The minimum absolute atomic E-state index is 0.00617. The van der Waals surface area contributed by atoms with Crippen LogP contribution < -0.4 is 5.56 Å². The number of fused-ring (bicyclic) bond motifs is 1. The highest BCUT2D eigenvalue weighted by atomic mass is 32.2. The minimum atomic E-state index is -3.16. The van der Waals surface area contributed by atoms with Crippen LogP contribution >= 0.6 is 11.8 Å². The van der Waals surface area contributed by atoms with Crippen molar-refractivity contribution in [2.45, 2.75) is 68.7 Å². The number of ether oxygens (including phenoxy) is 1. The molecule has 218 valence electrons. The molecule has 1 atom stereocenters. The Kier molecular flexibility index (Phi) is 9.13. The van der Waals surface area contributed by atoms with E-state index in [9.17, 15) is 22.8 Å². The van der Waals surface area contributed by atoms with Gasteiger partial charge in [-0.05, 0) is 49.4 Å². The molecule has 1 saturated heterocycles. The number of rotatable bonds is 9. The van der Waals surface area contributed by atoms with E-state index in [1.54, 1.807) is 16.7 Å². The average Bonchev–Trinajstić information content (AvgIpc) is 3.34. The third-order valence-electron chi connectivity index (χ3n) is 7.99. The SMILES string of the molecule is COC(=O)c1ccc2c(=O)n(CCc3ccccc3)c(SCC(=O)N(C3CCCCC3)C3CCS(=O)(=O)C3)nc2c1. The number of hydrogen-bond acceptors (Lipinski definition) is 8. The summed E-state index contributed by atoms with van der Waals surface area (Å²) in [4.78, 5) is 46.1. The fraction of sp³-hybridized carbons (Fsp3) is 0.467. The molecule has 0 bridgehead atoms. The largest absolute Gasteiger partial charge is 0.465 e. The van der Waals surface area contributed by atoms with Crippen LogP contribution in [0.15, 0.2) is 58.5 Å². The molecule has 1 aromatic heterocycles. The lowest BCUT2D eigenvalue weighted by molar-refractivity contribution is -0.133. The van der Waals surface area contributed by atoms with Crippen LogP contribution in [0, 0.1) is 0 Å². The minimum Gasteiger partial charge on any atom is -0.465 e. The number of benzene rings is 2. The van der Waals surface area contributed by atoms with Crippen molar-refractivity contribution in [1.82, 2.24) is 14.5 Å². The van der Waals surface area contributed by atoms with E-state index < -0.39 is 15.8 Å². The zero-order valence-corrected chi connectivity index (χ0v) is 24.8. The highest BCUT2D eigenvalue weighted by molar-refractivity contribution is 7.99. The molecular formula is C30H35N3O6S2. The average molecular weight is 598 g/mol. The second-order valence-corrected chi connectivity index (χ2v) is 13.9. The summed E-state index contributed by atoms with van der Waals surface area (Å²) in [5.41, 5.74) is 1.46. The number of esters is 1. The summed E-state index contributed by atoms with van der Waals surface area (Å²) >= 11 is 1.19. The summed E-state index contributed by atoms with van der Waals surface area (Å²) < 4.78 is 31.0. The van der Waals surface area contributed by atoms with Crippen molar-refractivity contribution in [3.05, 3.63) is 70.0 Å². The van der Waals surface area contributed by atoms with Gasteiger partial charge >= 0.3 is 5.97 Å². The number of nitrogens with zero attached hydrogens (tertiary/aromatic N) is 3. The fourth-order valence-corrected chi connectivity index (χ4v) is 8.50. The van der Waals surface area contributed by atoms with E-state index >= 15 is 0 Å².